The van der Waals surface area contributed by atoms with Gasteiger partial charge in [-0.3, -0.25) is 9.88 Å². The molecule has 3 saturated heterocycles. The van der Waals surface area contributed by atoms with Crippen molar-refractivity contribution in [3.63, 3.8) is 0 Å². The number of aromatic nitrogens is 3. The largest absolute Gasteiger partial charge is 0.508 e. The average molecular weight is 636 g/mol. The second-order valence-electron chi connectivity index (χ2n) is 12.4. The van der Waals surface area contributed by atoms with Crippen molar-refractivity contribution in [3.05, 3.63) is 53.7 Å². The number of anilines is 1. The monoisotopic (exact) mass is 635 g/mol. The number of nitrogens with zero attached hydrogens (tertiary/aromatic N) is 5. The lowest BCUT2D eigenvalue weighted by atomic mass is 9.94. The highest BCUT2D eigenvalue weighted by Gasteiger charge is 2.49. The highest BCUT2D eigenvalue weighted by atomic mass is 19.1. The Bertz CT molecular complexity index is 1850. The molecule has 2 aromatic carbocycles. The van der Waals surface area contributed by atoms with E-state index in [0.29, 0.717) is 47.1 Å². The second-order valence-corrected chi connectivity index (χ2v) is 12.4. The maximum atomic E-state index is 16.8. The van der Waals surface area contributed by atoms with Gasteiger partial charge in [-0.25, -0.2) is 18.0 Å². The number of pyridine rings is 1. The van der Waals surface area contributed by atoms with E-state index in [1.54, 1.807) is 24.3 Å². The van der Waals surface area contributed by atoms with E-state index in [9.17, 15) is 9.18 Å². The Hall–Kier alpha value is -4.23. The number of ether oxygens (including phenoxy) is 4. The van der Waals surface area contributed by atoms with E-state index in [0.717, 1.165) is 19.4 Å². The van der Waals surface area contributed by atoms with Crippen molar-refractivity contribution in [3.8, 4) is 17.3 Å². The summed E-state index contributed by atoms with van der Waals surface area (Å²) in [6.07, 6.45) is 1.04. The van der Waals surface area contributed by atoms with Crippen LogP contribution in [0.25, 0.3) is 32.9 Å². The molecule has 0 saturated carbocycles. The molecule has 46 heavy (non-hydrogen) atoms. The minimum Gasteiger partial charge on any atom is -0.461 e. The second kappa shape index (κ2) is 11.5. The van der Waals surface area contributed by atoms with E-state index in [1.165, 1.54) is 12.3 Å². The van der Waals surface area contributed by atoms with Crippen LogP contribution >= 0.6 is 0 Å². The topological polar surface area (TPSA) is 99.1 Å². The zero-order valence-electron chi connectivity index (χ0n) is 25.0. The first-order chi connectivity index (χ1) is 22.4. The standard InChI is InChI=1S/C33H32F3N5O5/c34-20-13-33(8-2-9-41(33)15-20)18-45-31-38-29-24-14-37-28(27(29)36)23-4-1-3-19-5-6-25(35)22(26(19)23)7-11-44-32(42)46-21-16-40(30(24)39-31)10-12-43-17-21/h1,3-6,14,20-21H,2,7-13,15-18H2/t20-,21+,33+/m1/s1. The van der Waals surface area contributed by atoms with E-state index in [2.05, 4.69) is 14.9 Å². The SMILES string of the molecule is O=C1OCCc2c(F)ccc3cccc(c23)-c2ncc3c(nc(OC[C@@]45CCCN4C[C@H](F)C5)nc3c2F)N2CCOC[C@H](C2)O1. The average Bonchev–Trinajstić information content (AvgIpc) is 3.47. The molecule has 6 bridgehead atoms. The van der Waals surface area contributed by atoms with Crippen molar-refractivity contribution in [1.82, 2.24) is 19.9 Å². The van der Waals surface area contributed by atoms with Gasteiger partial charge in [0.1, 0.15) is 41.7 Å². The van der Waals surface area contributed by atoms with Gasteiger partial charge >= 0.3 is 12.2 Å². The first-order valence-electron chi connectivity index (χ1n) is 15.6. The lowest BCUT2D eigenvalue weighted by molar-refractivity contribution is -0.00384. The van der Waals surface area contributed by atoms with Crippen LogP contribution in [-0.4, -0.2) is 96.4 Å². The first-order valence-corrected chi connectivity index (χ1v) is 15.6. The van der Waals surface area contributed by atoms with E-state index in [4.69, 9.17) is 23.9 Å². The van der Waals surface area contributed by atoms with Crippen LogP contribution < -0.4 is 9.64 Å². The van der Waals surface area contributed by atoms with Crippen LogP contribution in [0.2, 0.25) is 0 Å². The zero-order valence-corrected chi connectivity index (χ0v) is 25.0. The summed E-state index contributed by atoms with van der Waals surface area (Å²) in [5.74, 6) is -0.899. The number of alkyl halides is 1. The van der Waals surface area contributed by atoms with E-state index < -0.39 is 35.6 Å². The van der Waals surface area contributed by atoms with Crippen molar-refractivity contribution in [2.45, 2.75) is 43.5 Å². The van der Waals surface area contributed by atoms with Crippen LogP contribution in [0, 0.1) is 11.6 Å². The summed E-state index contributed by atoms with van der Waals surface area (Å²) < 4.78 is 69.5. The lowest BCUT2D eigenvalue weighted by Crippen LogP contribution is -2.43. The van der Waals surface area contributed by atoms with E-state index >= 15 is 8.78 Å². The van der Waals surface area contributed by atoms with Gasteiger partial charge in [-0.2, -0.15) is 9.97 Å². The number of rotatable bonds is 3. The number of hydrogen-bond donors (Lipinski definition) is 0. The van der Waals surface area contributed by atoms with Crippen LogP contribution in [0.3, 0.4) is 0 Å². The summed E-state index contributed by atoms with van der Waals surface area (Å²) >= 11 is 0. The molecular weight excluding hydrogens is 603 g/mol. The van der Waals surface area contributed by atoms with Gasteiger partial charge in [0.25, 0.3) is 0 Å². The molecule has 9 rings (SSSR count). The summed E-state index contributed by atoms with van der Waals surface area (Å²) in [4.78, 5) is 30.5. The normalized spacial score (nSPS) is 25.1. The fraction of sp³-hybridized carbons (Fsp3) is 0.455. The molecule has 0 aliphatic carbocycles. The first kappa shape index (κ1) is 29.2. The molecule has 4 aromatic rings. The predicted molar refractivity (Wildman–Crippen MR) is 162 cm³/mol. The Morgan fingerprint density at radius 2 is 2.00 bits per heavy atom. The Balaban J connectivity index is 1.30. The van der Waals surface area contributed by atoms with Crippen LogP contribution in [-0.2, 0) is 20.6 Å². The summed E-state index contributed by atoms with van der Waals surface area (Å²) in [6, 6.07) is 8.12. The molecule has 0 unspecified atom stereocenters. The quantitative estimate of drug-likeness (QED) is 0.286. The minimum atomic E-state index is -0.939. The number of carbonyl (C=O) groups excluding carboxylic acids is 1. The van der Waals surface area contributed by atoms with Gasteiger partial charge in [-0.1, -0.05) is 24.3 Å². The van der Waals surface area contributed by atoms with Gasteiger partial charge in [0.05, 0.1) is 37.3 Å². The Labute approximate surface area is 262 Å². The van der Waals surface area contributed by atoms with Gasteiger partial charge in [0, 0.05) is 37.7 Å². The molecule has 3 atom stereocenters. The molecule has 3 fully saturated rings. The zero-order chi connectivity index (χ0) is 31.4. The molecule has 0 N–H and O–H groups in total. The Morgan fingerprint density at radius 1 is 1.09 bits per heavy atom. The Morgan fingerprint density at radius 3 is 2.91 bits per heavy atom. The van der Waals surface area contributed by atoms with Crippen LogP contribution in [0.1, 0.15) is 24.8 Å². The van der Waals surface area contributed by atoms with Crippen molar-refractivity contribution in [2.75, 3.05) is 57.5 Å². The minimum absolute atomic E-state index is 0.0123. The highest BCUT2D eigenvalue weighted by molar-refractivity contribution is 6.01. The van der Waals surface area contributed by atoms with Crippen LogP contribution in [0.4, 0.5) is 23.8 Å². The molecule has 0 radical (unpaired) electrons. The third-order valence-electron chi connectivity index (χ3n) is 9.59. The molecule has 5 aliphatic heterocycles. The van der Waals surface area contributed by atoms with Crippen molar-refractivity contribution >= 4 is 33.6 Å². The molecule has 0 spiro atoms. The fourth-order valence-corrected chi connectivity index (χ4v) is 7.48. The summed E-state index contributed by atoms with van der Waals surface area (Å²) in [6.45, 7) is 2.09. The van der Waals surface area contributed by atoms with E-state index in [-0.39, 0.29) is 62.2 Å². The van der Waals surface area contributed by atoms with Gasteiger partial charge in [0.15, 0.2) is 5.82 Å². The van der Waals surface area contributed by atoms with Gasteiger partial charge in [-0.05, 0) is 41.8 Å². The predicted octanol–water partition coefficient (Wildman–Crippen LogP) is 4.99. The Kier molecular flexibility index (Phi) is 7.32. The summed E-state index contributed by atoms with van der Waals surface area (Å²) in [5.41, 5.74) is 0.125. The number of benzene rings is 2. The molecular formula is C33H32F3N5O5. The third kappa shape index (κ3) is 5.05. The molecule has 13 heteroatoms. The maximum Gasteiger partial charge on any atom is 0.508 e. The van der Waals surface area contributed by atoms with Gasteiger partial charge < -0.3 is 23.8 Å². The van der Waals surface area contributed by atoms with Gasteiger partial charge in [0.2, 0.25) is 0 Å². The van der Waals surface area contributed by atoms with Crippen LogP contribution in [0.5, 0.6) is 6.01 Å². The molecule has 5 aliphatic rings. The van der Waals surface area contributed by atoms with Crippen molar-refractivity contribution in [2.24, 2.45) is 0 Å². The number of carbonyl (C=O) groups is 1. The number of hydrogen-bond acceptors (Lipinski definition) is 10. The smallest absolute Gasteiger partial charge is 0.461 e. The molecule has 2 aromatic heterocycles. The van der Waals surface area contributed by atoms with Crippen molar-refractivity contribution < 1.29 is 36.9 Å². The fourth-order valence-electron chi connectivity index (χ4n) is 7.48. The molecule has 240 valence electrons. The maximum absolute atomic E-state index is 16.8. The summed E-state index contributed by atoms with van der Waals surface area (Å²) in [5, 5.41) is 1.45. The van der Waals surface area contributed by atoms with Crippen molar-refractivity contribution in [1.29, 1.82) is 0 Å². The third-order valence-corrected chi connectivity index (χ3v) is 9.59. The molecule has 0 amide bonds. The van der Waals surface area contributed by atoms with Crippen LogP contribution in [0.15, 0.2) is 36.5 Å². The summed E-state index contributed by atoms with van der Waals surface area (Å²) in [7, 11) is 0. The molecule has 7 heterocycles. The van der Waals surface area contributed by atoms with Gasteiger partial charge in [-0.15, -0.1) is 0 Å². The number of halogens is 3. The van der Waals surface area contributed by atoms with E-state index in [1.807, 2.05) is 4.90 Å². The molecule has 10 nitrogen and oxygen atoms in total. The lowest BCUT2D eigenvalue weighted by Gasteiger charge is -2.31. The highest BCUT2D eigenvalue weighted by Crippen LogP contribution is 2.41. The number of fused-ring (bicyclic) bond motifs is 6.